The van der Waals surface area contributed by atoms with Crippen molar-refractivity contribution in [2.45, 2.75) is 0 Å². The highest BCUT2D eigenvalue weighted by atomic mass is 14.2. The Kier molecular flexibility index (Phi) is 5.24. The second kappa shape index (κ2) is 9.22. The molecule has 0 N–H and O–H groups in total. The quantitative estimate of drug-likeness (QED) is 0.209. The monoisotopic (exact) mass is 506 g/mol. The highest BCUT2D eigenvalue weighted by Crippen LogP contribution is 2.43. The topological polar surface area (TPSA) is 0 Å². The predicted molar refractivity (Wildman–Crippen MR) is 173 cm³/mol. The zero-order valence-corrected chi connectivity index (χ0v) is 22.0. The van der Waals surface area contributed by atoms with Gasteiger partial charge in [-0.25, -0.2) is 0 Å². The van der Waals surface area contributed by atoms with Crippen molar-refractivity contribution in [3.63, 3.8) is 0 Å². The van der Waals surface area contributed by atoms with Crippen molar-refractivity contribution in [2.75, 3.05) is 0 Å². The largest absolute Gasteiger partial charge is 0.0622 e. The lowest BCUT2D eigenvalue weighted by Crippen LogP contribution is -1.90. The van der Waals surface area contributed by atoms with Crippen molar-refractivity contribution in [3.05, 3.63) is 158 Å². The van der Waals surface area contributed by atoms with Crippen LogP contribution in [0, 0.1) is 0 Å². The van der Waals surface area contributed by atoms with Crippen LogP contribution in [0.1, 0.15) is 0 Å². The molecule has 0 nitrogen and oxygen atoms in total. The Hall–Kier alpha value is -5.20. The summed E-state index contributed by atoms with van der Waals surface area (Å²) in [4.78, 5) is 0. The molecular formula is C40H26. The van der Waals surface area contributed by atoms with Gasteiger partial charge in [-0.15, -0.1) is 0 Å². The van der Waals surface area contributed by atoms with Crippen molar-refractivity contribution < 1.29 is 0 Å². The predicted octanol–water partition coefficient (Wildman–Crippen LogP) is 11.3. The standard InChI is InChI=1S/C40H26/c1-2-10-28(11-3-1)39-35-14-6-8-16-37(35)40(38-17-9-7-15-36(38)39)29-20-18-27(19-21-29)32-22-23-33-24-30-12-4-5-13-31(30)25-34(33)26-32/h1-26H. The molecule has 8 aromatic rings. The number of rotatable bonds is 3. The SMILES string of the molecule is c1ccc(-c2c3ccccc3c(-c3ccc(-c4ccc5cc6ccccc6cc5c4)cc3)c3ccccc23)cc1. The molecule has 0 aliphatic rings. The van der Waals surface area contributed by atoms with Gasteiger partial charge >= 0.3 is 0 Å². The number of benzene rings is 8. The average Bonchev–Trinajstić information content (AvgIpc) is 3.03. The minimum Gasteiger partial charge on any atom is -0.0622 e. The fourth-order valence-electron chi connectivity index (χ4n) is 6.30. The average molecular weight is 507 g/mol. The van der Waals surface area contributed by atoms with Crippen LogP contribution in [0.25, 0.3) is 76.5 Å². The molecule has 186 valence electrons. The number of hydrogen-bond donors (Lipinski definition) is 0. The molecule has 0 amide bonds. The molecule has 8 aromatic carbocycles. The Balaban J connectivity index is 1.29. The molecule has 0 atom stereocenters. The van der Waals surface area contributed by atoms with Gasteiger partial charge in [0.05, 0.1) is 0 Å². The molecule has 0 heterocycles. The van der Waals surface area contributed by atoms with E-state index in [0.717, 1.165) is 0 Å². The summed E-state index contributed by atoms with van der Waals surface area (Å²) in [5.41, 5.74) is 7.55. The van der Waals surface area contributed by atoms with E-state index in [1.807, 2.05) is 0 Å². The van der Waals surface area contributed by atoms with Crippen LogP contribution >= 0.6 is 0 Å². The summed E-state index contributed by atoms with van der Waals surface area (Å²) >= 11 is 0. The summed E-state index contributed by atoms with van der Waals surface area (Å²) in [5, 5.41) is 10.2. The van der Waals surface area contributed by atoms with Gasteiger partial charge in [0.15, 0.2) is 0 Å². The van der Waals surface area contributed by atoms with Crippen molar-refractivity contribution in [1.29, 1.82) is 0 Å². The van der Waals surface area contributed by atoms with Crippen LogP contribution in [0.5, 0.6) is 0 Å². The first-order chi connectivity index (χ1) is 19.8. The third-order valence-corrected chi connectivity index (χ3v) is 8.21. The first-order valence-electron chi connectivity index (χ1n) is 13.9. The molecule has 0 aliphatic heterocycles. The first kappa shape index (κ1) is 22.8. The summed E-state index contributed by atoms with van der Waals surface area (Å²) in [5.74, 6) is 0. The van der Waals surface area contributed by atoms with Gasteiger partial charge in [-0.05, 0) is 94.7 Å². The van der Waals surface area contributed by atoms with Gasteiger partial charge in [0.25, 0.3) is 0 Å². The lowest BCUT2D eigenvalue weighted by Gasteiger charge is -2.18. The maximum atomic E-state index is 2.32. The number of hydrogen-bond acceptors (Lipinski definition) is 0. The molecule has 8 rings (SSSR count). The van der Waals surface area contributed by atoms with Crippen molar-refractivity contribution >= 4 is 43.1 Å². The molecule has 0 spiro atoms. The highest BCUT2D eigenvalue weighted by Gasteiger charge is 2.16. The van der Waals surface area contributed by atoms with Crippen LogP contribution in [0.15, 0.2) is 158 Å². The summed E-state index contributed by atoms with van der Waals surface area (Å²) in [6.07, 6.45) is 0. The van der Waals surface area contributed by atoms with E-state index in [2.05, 4.69) is 158 Å². The summed E-state index contributed by atoms with van der Waals surface area (Å²) < 4.78 is 0. The Labute approximate surface area is 233 Å². The minimum atomic E-state index is 1.23. The smallest absolute Gasteiger partial charge is 0.00264 e. The fraction of sp³-hybridized carbons (Fsp3) is 0. The van der Waals surface area contributed by atoms with Crippen LogP contribution in [-0.4, -0.2) is 0 Å². The van der Waals surface area contributed by atoms with Crippen molar-refractivity contribution in [3.8, 4) is 33.4 Å². The molecule has 0 radical (unpaired) electrons. The maximum Gasteiger partial charge on any atom is -0.00264 e. The van der Waals surface area contributed by atoms with Gasteiger partial charge in [0.2, 0.25) is 0 Å². The summed E-state index contributed by atoms with van der Waals surface area (Å²) in [7, 11) is 0. The fourth-order valence-corrected chi connectivity index (χ4v) is 6.30. The van der Waals surface area contributed by atoms with E-state index < -0.39 is 0 Å². The van der Waals surface area contributed by atoms with Crippen LogP contribution in [0.2, 0.25) is 0 Å². The zero-order valence-electron chi connectivity index (χ0n) is 22.0. The van der Waals surface area contributed by atoms with Crippen molar-refractivity contribution in [2.24, 2.45) is 0 Å². The van der Waals surface area contributed by atoms with Gasteiger partial charge in [0.1, 0.15) is 0 Å². The molecule has 0 saturated carbocycles. The van der Waals surface area contributed by atoms with E-state index in [1.165, 1.54) is 76.5 Å². The summed E-state index contributed by atoms with van der Waals surface area (Å²) in [6.45, 7) is 0. The molecule has 0 unspecified atom stereocenters. The lowest BCUT2D eigenvalue weighted by molar-refractivity contribution is 1.63. The van der Waals surface area contributed by atoms with E-state index >= 15 is 0 Å². The molecule has 0 bridgehead atoms. The van der Waals surface area contributed by atoms with Crippen LogP contribution < -0.4 is 0 Å². The van der Waals surface area contributed by atoms with E-state index in [-0.39, 0.29) is 0 Å². The molecule has 0 fully saturated rings. The second-order valence-electron chi connectivity index (χ2n) is 10.5. The van der Waals surface area contributed by atoms with Crippen LogP contribution in [0.3, 0.4) is 0 Å². The normalized spacial score (nSPS) is 11.5. The van der Waals surface area contributed by atoms with Gasteiger partial charge in [-0.2, -0.15) is 0 Å². The third-order valence-electron chi connectivity index (χ3n) is 8.21. The molecule has 0 aliphatic carbocycles. The van der Waals surface area contributed by atoms with Gasteiger partial charge in [-0.1, -0.05) is 140 Å². The third kappa shape index (κ3) is 3.69. The van der Waals surface area contributed by atoms with E-state index in [4.69, 9.17) is 0 Å². The molecule has 0 aromatic heterocycles. The van der Waals surface area contributed by atoms with Crippen LogP contribution in [-0.2, 0) is 0 Å². The second-order valence-corrected chi connectivity index (χ2v) is 10.5. The molecule has 40 heavy (non-hydrogen) atoms. The van der Waals surface area contributed by atoms with Gasteiger partial charge in [0, 0.05) is 0 Å². The number of fused-ring (bicyclic) bond motifs is 4. The Morgan fingerprint density at radius 1 is 0.225 bits per heavy atom. The van der Waals surface area contributed by atoms with E-state index in [1.54, 1.807) is 0 Å². The van der Waals surface area contributed by atoms with Gasteiger partial charge in [-0.3, -0.25) is 0 Å². The van der Waals surface area contributed by atoms with E-state index in [9.17, 15) is 0 Å². The Morgan fingerprint density at radius 3 is 1.20 bits per heavy atom. The summed E-state index contributed by atoms with van der Waals surface area (Å²) in [6, 6.07) is 57.5. The van der Waals surface area contributed by atoms with Crippen LogP contribution in [0.4, 0.5) is 0 Å². The minimum absolute atomic E-state index is 1.23. The first-order valence-corrected chi connectivity index (χ1v) is 13.9. The van der Waals surface area contributed by atoms with Crippen molar-refractivity contribution in [1.82, 2.24) is 0 Å². The Bertz CT molecular complexity index is 2130. The molecule has 0 heteroatoms. The lowest BCUT2D eigenvalue weighted by atomic mass is 9.85. The maximum absolute atomic E-state index is 2.32. The van der Waals surface area contributed by atoms with Gasteiger partial charge < -0.3 is 0 Å². The van der Waals surface area contributed by atoms with E-state index in [0.29, 0.717) is 0 Å². The molecule has 0 saturated heterocycles. The molecular weight excluding hydrogens is 480 g/mol. The Morgan fingerprint density at radius 2 is 0.625 bits per heavy atom. The zero-order chi connectivity index (χ0) is 26.5. The highest BCUT2D eigenvalue weighted by molar-refractivity contribution is 6.21.